The topological polar surface area (TPSA) is 128 Å². The van der Waals surface area contributed by atoms with Crippen LogP contribution in [-0.2, 0) is 10.0 Å². The van der Waals surface area contributed by atoms with E-state index in [1.165, 1.54) is 18.3 Å². The molecule has 17 heavy (non-hydrogen) atoms. The van der Waals surface area contributed by atoms with E-state index in [-0.39, 0.29) is 24.6 Å². The quantitative estimate of drug-likeness (QED) is 0.588. The Morgan fingerprint density at radius 3 is 2.65 bits per heavy atom. The molecule has 8 heteroatoms. The highest BCUT2D eigenvalue weighted by atomic mass is 32.2. The van der Waals surface area contributed by atoms with Gasteiger partial charge in [0.1, 0.15) is 5.82 Å². The van der Waals surface area contributed by atoms with E-state index in [4.69, 9.17) is 10.9 Å². The number of rotatable bonds is 5. The van der Waals surface area contributed by atoms with E-state index in [1.807, 2.05) is 0 Å². The fourth-order valence-electron chi connectivity index (χ4n) is 1.12. The zero-order valence-corrected chi connectivity index (χ0v) is 9.90. The Morgan fingerprint density at radius 2 is 2.12 bits per heavy atom. The molecule has 1 aromatic rings. The van der Waals surface area contributed by atoms with Crippen LogP contribution in [0, 0.1) is 0 Å². The molecular formula is C9H14N4O3S. The Morgan fingerprint density at radius 1 is 1.41 bits per heavy atom. The zero-order chi connectivity index (χ0) is 12.9. The maximum Gasteiger partial charge on any atom is 0.252 e. The molecule has 0 unspecified atom stereocenters. The number of nitrogens with zero attached hydrogens (tertiary/aromatic N) is 1. The Kier molecular flexibility index (Phi) is 4.41. The van der Waals surface area contributed by atoms with Crippen LogP contribution in [0.2, 0.25) is 0 Å². The fourth-order valence-corrected chi connectivity index (χ4v) is 1.66. The highest BCUT2D eigenvalue weighted by molar-refractivity contribution is 7.89. The van der Waals surface area contributed by atoms with Crippen LogP contribution in [0.25, 0.3) is 0 Å². The molecular weight excluding hydrogens is 244 g/mol. The number of nitrogens with two attached hydrogens (primary N) is 2. The van der Waals surface area contributed by atoms with Gasteiger partial charge in [-0.3, -0.25) is 4.79 Å². The number of sulfonamides is 1. The van der Waals surface area contributed by atoms with Gasteiger partial charge in [0.15, 0.2) is 0 Å². The summed E-state index contributed by atoms with van der Waals surface area (Å²) in [6.07, 6.45) is 1.62. The second-order valence-corrected chi connectivity index (χ2v) is 5.18. The Labute approximate surface area is 99.3 Å². The summed E-state index contributed by atoms with van der Waals surface area (Å²) in [7, 11) is -3.47. The van der Waals surface area contributed by atoms with Crippen LogP contribution in [0.1, 0.15) is 16.8 Å². The number of primary sulfonamides is 1. The molecule has 0 aromatic carbocycles. The molecule has 0 saturated carbocycles. The van der Waals surface area contributed by atoms with Crippen LogP contribution in [0.15, 0.2) is 18.3 Å². The lowest BCUT2D eigenvalue weighted by Gasteiger charge is -2.04. The predicted molar refractivity (Wildman–Crippen MR) is 63.6 cm³/mol. The number of nitrogen functional groups attached to an aromatic ring is 1. The van der Waals surface area contributed by atoms with Gasteiger partial charge in [0.25, 0.3) is 5.91 Å². The van der Waals surface area contributed by atoms with Crippen LogP contribution >= 0.6 is 0 Å². The third kappa shape index (κ3) is 5.27. The lowest BCUT2D eigenvalue weighted by Crippen LogP contribution is -2.27. The number of anilines is 1. The van der Waals surface area contributed by atoms with Crippen molar-refractivity contribution in [2.45, 2.75) is 6.42 Å². The van der Waals surface area contributed by atoms with Gasteiger partial charge in [0, 0.05) is 12.7 Å². The maximum atomic E-state index is 11.5. The van der Waals surface area contributed by atoms with Crippen molar-refractivity contribution in [1.29, 1.82) is 0 Å². The van der Waals surface area contributed by atoms with Crippen molar-refractivity contribution in [2.75, 3.05) is 18.0 Å². The second-order valence-electron chi connectivity index (χ2n) is 3.45. The first-order valence-electron chi connectivity index (χ1n) is 4.89. The molecule has 0 spiro atoms. The minimum Gasteiger partial charge on any atom is -0.384 e. The number of carbonyl (C=O) groups excluding carboxylic acids is 1. The summed E-state index contributed by atoms with van der Waals surface area (Å²) in [6, 6.07) is 3.05. The molecule has 1 amide bonds. The van der Waals surface area contributed by atoms with Gasteiger partial charge < -0.3 is 11.1 Å². The molecule has 0 aliphatic heterocycles. The van der Waals surface area contributed by atoms with E-state index in [9.17, 15) is 13.2 Å². The molecule has 0 radical (unpaired) electrons. The first kappa shape index (κ1) is 13.4. The first-order chi connectivity index (χ1) is 7.88. The molecule has 7 nitrogen and oxygen atoms in total. The van der Waals surface area contributed by atoms with Gasteiger partial charge in [-0.2, -0.15) is 0 Å². The summed E-state index contributed by atoms with van der Waals surface area (Å²) in [5.41, 5.74) is 5.74. The number of hydrogen-bond acceptors (Lipinski definition) is 5. The number of hydrogen-bond donors (Lipinski definition) is 3. The van der Waals surface area contributed by atoms with Crippen molar-refractivity contribution in [1.82, 2.24) is 10.3 Å². The Balaban J connectivity index is 2.38. The molecule has 1 rings (SSSR count). The van der Waals surface area contributed by atoms with Crippen molar-refractivity contribution >= 4 is 21.7 Å². The average molecular weight is 258 g/mol. The van der Waals surface area contributed by atoms with Crippen LogP contribution in [0.3, 0.4) is 0 Å². The molecule has 0 aliphatic carbocycles. The monoisotopic (exact) mass is 258 g/mol. The van der Waals surface area contributed by atoms with E-state index in [0.29, 0.717) is 11.4 Å². The Bertz CT molecular complexity index is 483. The number of pyridine rings is 1. The van der Waals surface area contributed by atoms with Crippen LogP contribution in [-0.4, -0.2) is 31.6 Å². The lowest BCUT2D eigenvalue weighted by atomic mass is 10.2. The molecule has 5 N–H and O–H groups in total. The largest absolute Gasteiger partial charge is 0.384 e. The van der Waals surface area contributed by atoms with Gasteiger partial charge in [0.2, 0.25) is 10.0 Å². The smallest absolute Gasteiger partial charge is 0.252 e. The Hall–Kier alpha value is -1.67. The highest BCUT2D eigenvalue weighted by Gasteiger charge is 2.06. The van der Waals surface area contributed by atoms with Gasteiger partial charge in [0.05, 0.1) is 11.3 Å². The van der Waals surface area contributed by atoms with Crippen molar-refractivity contribution in [3.8, 4) is 0 Å². The summed E-state index contributed by atoms with van der Waals surface area (Å²) < 4.78 is 21.2. The first-order valence-corrected chi connectivity index (χ1v) is 6.60. The lowest BCUT2D eigenvalue weighted by molar-refractivity contribution is 0.0953. The van der Waals surface area contributed by atoms with Gasteiger partial charge in [-0.15, -0.1) is 0 Å². The normalized spacial score (nSPS) is 11.1. The van der Waals surface area contributed by atoms with Crippen molar-refractivity contribution in [2.24, 2.45) is 5.14 Å². The fraction of sp³-hybridized carbons (Fsp3) is 0.333. The SMILES string of the molecule is Nc1ccc(C(=O)NCCCS(N)(=O)=O)cn1. The molecule has 0 bridgehead atoms. The average Bonchev–Trinajstić information content (AvgIpc) is 2.24. The highest BCUT2D eigenvalue weighted by Crippen LogP contribution is 2.00. The van der Waals surface area contributed by atoms with Gasteiger partial charge >= 0.3 is 0 Å². The van der Waals surface area contributed by atoms with Crippen molar-refractivity contribution < 1.29 is 13.2 Å². The van der Waals surface area contributed by atoms with E-state index in [2.05, 4.69) is 10.3 Å². The molecule has 0 atom stereocenters. The van der Waals surface area contributed by atoms with E-state index in [0.717, 1.165) is 0 Å². The minimum absolute atomic E-state index is 0.159. The van der Waals surface area contributed by atoms with Gasteiger partial charge in [-0.05, 0) is 18.6 Å². The number of nitrogens with one attached hydrogen (secondary N) is 1. The minimum atomic E-state index is -3.47. The van der Waals surface area contributed by atoms with E-state index in [1.54, 1.807) is 0 Å². The second kappa shape index (κ2) is 5.60. The van der Waals surface area contributed by atoms with E-state index >= 15 is 0 Å². The van der Waals surface area contributed by atoms with Crippen molar-refractivity contribution in [3.05, 3.63) is 23.9 Å². The molecule has 0 saturated heterocycles. The number of amides is 1. The van der Waals surface area contributed by atoms with Crippen LogP contribution < -0.4 is 16.2 Å². The number of aromatic nitrogens is 1. The third-order valence-corrected chi connectivity index (χ3v) is 2.80. The van der Waals surface area contributed by atoms with Crippen molar-refractivity contribution in [3.63, 3.8) is 0 Å². The third-order valence-electron chi connectivity index (χ3n) is 1.94. The summed E-state index contributed by atoms with van der Waals surface area (Å²) in [5.74, 6) is -0.157. The van der Waals surface area contributed by atoms with Crippen LogP contribution in [0.4, 0.5) is 5.82 Å². The molecule has 0 aliphatic rings. The molecule has 94 valence electrons. The summed E-state index contributed by atoms with van der Waals surface area (Å²) in [4.78, 5) is 15.3. The molecule has 1 aromatic heterocycles. The molecule has 1 heterocycles. The zero-order valence-electron chi connectivity index (χ0n) is 9.09. The van der Waals surface area contributed by atoms with Gasteiger partial charge in [-0.1, -0.05) is 0 Å². The number of carbonyl (C=O) groups is 1. The standard InChI is InChI=1S/C9H14N4O3S/c10-8-3-2-7(6-13-8)9(14)12-4-1-5-17(11,15)16/h2-3,6H,1,4-5H2,(H2,10,13)(H,12,14)(H2,11,15,16). The van der Waals surface area contributed by atoms with E-state index < -0.39 is 10.0 Å². The summed E-state index contributed by atoms with van der Waals surface area (Å²) in [5, 5.41) is 7.37. The molecule has 0 fully saturated rings. The predicted octanol–water partition coefficient (Wildman–Crippen LogP) is -0.928. The van der Waals surface area contributed by atoms with Gasteiger partial charge in [-0.25, -0.2) is 18.5 Å². The summed E-state index contributed by atoms with van der Waals surface area (Å²) in [6.45, 7) is 0.236. The van der Waals surface area contributed by atoms with Crippen LogP contribution in [0.5, 0.6) is 0 Å². The maximum absolute atomic E-state index is 11.5. The summed E-state index contributed by atoms with van der Waals surface area (Å²) >= 11 is 0.